The van der Waals surface area contributed by atoms with Crippen LogP contribution in [0.2, 0.25) is 0 Å². The minimum atomic E-state index is 0.297. The van der Waals surface area contributed by atoms with E-state index in [1.54, 1.807) is 18.2 Å². The third kappa shape index (κ3) is 2.67. The molecule has 0 aromatic carbocycles. The van der Waals surface area contributed by atoms with Crippen LogP contribution in [0.15, 0.2) is 71.6 Å². The number of ether oxygens (including phenoxy) is 1. The van der Waals surface area contributed by atoms with Crippen LogP contribution in [-0.2, 0) is 0 Å². The van der Waals surface area contributed by atoms with E-state index in [1.165, 1.54) is 0 Å². The van der Waals surface area contributed by atoms with E-state index >= 15 is 0 Å². The van der Waals surface area contributed by atoms with Gasteiger partial charge in [0.15, 0.2) is 0 Å². The van der Waals surface area contributed by atoms with Gasteiger partial charge >= 0.3 is 0 Å². The van der Waals surface area contributed by atoms with Crippen LogP contribution in [-0.4, -0.2) is 23.8 Å². The van der Waals surface area contributed by atoms with Crippen molar-refractivity contribution in [1.29, 1.82) is 0 Å². The van der Waals surface area contributed by atoms with E-state index in [0.717, 1.165) is 41.2 Å². The molecule has 0 amide bonds. The number of nitrogens with two attached hydrogens (primary N) is 1. The molecule has 3 N–H and O–H groups in total. The molecule has 4 rings (SSSR count). The van der Waals surface area contributed by atoms with Crippen LogP contribution in [0, 0.1) is 5.92 Å². The summed E-state index contributed by atoms with van der Waals surface area (Å²) in [4.78, 5) is 9.46. The predicted octanol–water partition coefficient (Wildman–Crippen LogP) is 3.01. The molecule has 0 spiro atoms. The largest absolute Gasteiger partial charge is 0.473 e. The van der Waals surface area contributed by atoms with Crippen LogP contribution in [0.1, 0.15) is 12.1 Å². The zero-order valence-electron chi connectivity index (χ0n) is 14.0. The van der Waals surface area contributed by atoms with Crippen LogP contribution in [0.3, 0.4) is 0 Å². The number of hydrogen-bond acceptors (Lipinski definition) is 5. The van der Waals surface area contributed by atoms with Gasteiger partial charge in [0.2, 0.25) is 5.88 Å². The zero-order valence-corrected chi connectivity index (χ0v) is 14.0. The number of nitrogens with zero attached hydrogens (tertiary/aromatic N) is 2. The minimum absolute atomic E-state index is 0.297. The fourth-order valence-corrected chi connectivity index (χ4v) is 3.29. The summed E-state index contributed by atoms with van der Waals surface area (Å²) in [7, 11) is 0. The van der Waals surface area contributed by atoms with E-state index in [9.17, 15) is 0 Å². The van der Waals surface area contributed by atoms with E-state index in [-0.39, 0.29) is 0 Å². The molecule has 0 saturated carbocycles. The van der Waals surface area contributed by atoms with Crippen molar-refractivity contribution < 1.29 is 4.74 Å². The van der Waals surface area contributed by atoms with E-state index in [1.807, 2.05) is 12.2 Å². The van der Waals surface area contributed by atoms with Crippen LogP contribution in [0.25, 0.3) is 5.57 Å². The van der Waals surface area contributed by atoms with Gasteiger partial charge in [-0.05, 0) is 18.6 Å². The highest BCUT2D eigenvalue weighted by atomic mass is 16.5. The smallest absolute Gasteiger partial charge is 0.214 e. The van der Waals surface area contributed by atoms with Crippen molar-refractivity contribution in [3.63, 3.8) is 0 Å². The Kier molecular flexibility index (Phi) is 3.76. The van der Waals surface area contributed by atoms with Gasteiger partial charge in [-0.15, -0.1) is 0 Å². The van der Waals surface area contributed by atoms with E-state index in [2.05, 4.69) is 29.5 Å². The van der Waals surface area contributed by atoms with Crippen LogP contribution < -0.4 is 15.8 Å². The van der Waals surface area contributed by atoms with Crippen molar-refractivity contribution >= 4 is 17.0 Å². The second kappa shape index (κ2) is 6.09. The second-order valence-electron chi connectivity index (χ2n) is 6.22. The van der Waals surface area contributed by atoms with Gasteiger partial charge in [-0.3, -0.25) is 4.99 Å². The van der Waals surface area contributed by atoms with Crippen molar-refractivity contribution in [3.8, 4) is 5.88 Å². The third-order valence-electron chi connectivity index (χ3n) is 4.62. The number of nitrogen functional groups attached to an aromatic ring is 1. The lowest BCUT2D eigenvalue weighted by Gasteiger charge is -2.26. The summed E-state index contributed by atoms with van der Waals surface area (Å²) in [5.74, 6) is 0.833. The van der Waals surface area contributed by atoms with Crippen LogP contribution in [0.5, 0.6) is 5.88 Å². The highest BCUT2D eigenvalue weighted by Crippen LogP contribution is 2.35. The van der Waals surface area contributed by atoms with Gasteiger partial charge in [-0.1, -0.05) is 31.4 Å². The van der Waals surface area contributed by atoms with Gasteiger partial charge < -0.3 is 15.8 Å². The second-order valence-corrected chi connectivity index (χ2v) is 6.22. The molecule has 1 unspecified atom stereocenters. The monoisotopic (exact) mass is 332 g/mol. The number of allylic oxidation sites excluding steroid dienone is 5. The van der Waals surface area contributed by atoms with Crippen LogP contribution >= 0.6 is 0 Å². The average molecular weight is 332 g/mol. The van der Waals surface area contributed by atoms with Gasteiger partial charge in [0.1, 0.15) is 6.61 Å². The number of anilines is 1. The van der Waals surface area contributed by atoms with Gasteiger partial charge in [-0.2, -0.15) is 0 Å². The Hall–Kier alpha value is -3.08. The van der Waals surface area contributed by atoms with Crippen molar-refractivity contribution in [1.82, 2.24) is 10.3 Å². The molecular formula is C20H20N4O. The first-order valence-corrected chi connectivity index (χ1v) is 8.32. The highest BCUT2D eigenvalue weighted by Gasteiger charge is 2.30. The number of rotatable bonds is 1. The number of piperidine rings is 1. The minimum Gasteiger partial charge on any atom is -0.473 e. The van der Waals surface area contributed by atoms with E-state index in [0.29, 0.717) is 29.8 Å². The molecule has 1 aromatic rings. The molecule has 25 heavy (non-hydrogen) atoms. The molecular weight excluding hydrogens is 312 g/mol. The lowest BCUT2D eigenvalue weighted by molar-refractivity contribution is 0.348. The molecule has 5 heteroatoms. The topological polar surface area (TPSA) is 72.5 Å². The fraction of sp³-hybridized carbons (Fsp3) is 0.200. The summed E-state index contributed by atoms with van der Waals surface area (Å²) in [6.45, 7) is 9.36. The molecule has 1 aromatic heterocycles. The first-order chi connectivity index (χ1) is 12.2. The first-order valence-electron chi connectivity index (χ1n) is 8.32. The molecule has 0 aliphatic carbocycles. The molecule has 126 valence electrons. The number of aromatic nitrogens is 1. The Balaban J connectivity index is 1.94. The Morgan fingerprint density at radius 3 is 3.04 bits per heavy atom. The maximum absolute atomic E-state index is 6.16. The average Bonchev–Trinajstić information content (AvgIpc) is 3.05. The van der Waals surface area contributed by atoms with Gasteiger partial charge in [0, 0.05) is 35.4 Å². The standard InChI is InChI=1S/C20H20N4O/c1-3-14-17-10-15-12(2)22-11-13(19(15)23-17)6-4-5-9-25-18-8-7-16(21)20(14)24-18/h3-5,7-8,10,13,22H,1-2,6,9,11,21H2/b5-4-,17-14-. The molecule has 5 nitrogen and oxygen atoms in total. The molecule has 1 fully saturated rings. The number of hydrogen-bond donors (Lipinski definition) is 2. The molecule has 1 saturated heterocycles. The molecule has 3 aliphatic rings. The van der Waals surface area contributed by atoms with Crippen molar-refractivity contribution in [2.75, 3.05) is 18.9 Å². The van der Waals surface area contributed by atoms with Gasteiger partial charge in [0.05, 0.1) is 22.8 Å². The van der Waals surface area contributed by atoms with Crippen molar-refractivity contribution in [3.05, 3.63) is 72.3 Å². The van der Waals surface area contributed by atoms with E-state index in [4.69, 9.17) is 15.5 Å². The molecule has 1 atom stereocenters. The summed E-state index contributed by atoms with van der Waals surface area (Å²) in [5.41, 5.74) is 12.0. The Labute approximate surface area is 147 Å². The third-order valence-corrected chi connectivity index (χ3v) is 4.62. The highest BCUT2D eigenvalue weighted by molar-refractivity contribution is 6.10. The van der Waals surface area contributed by atoms with Gasteiger partial charge in [0.25, 0.3) is 0 Å². The lowest BCUT2D eigenvalue weighted by atomic mass is 9.89. The summed E-state index contributed by atoms with van der Waals surface area (Å²) in [6, 6.07) is 3.58. The Morgan fingerprint density at radius 1 is 1.32 bits per heavy atom. The van der Waals surface area contributed by atoms with Gasteiger partial charge in [-0.25, -0.2) is 4.98 Å². The molecule has 0 radical (unpaired) electrons. The zero-order chi connectivity index (χ0) is 17.4. The normalized spacial score (nSPS) is 26.1. The number of nitrogens with one attached hydrogen (secondary N) is 1. The lowest BCUT2D eigenvalue weighted by Crippen LogP contribution is -2.35. The fourth-order valence-electron chi connectivity index (χ4n) is 3.29. The van der Waals surface area contributed by atoms with Crippen molar-refractivity contribution in [2.24, 2.45) is 10.9 Å². The van der Waals surface area contributed by atoms with E-state index < -0.39 is 0 Å². The summed E-state index contributed by atoms with van der Waals surface area (Å²) in [6.07, 6.45) is 8.83. The first kappa shape index (κ1) is 15.4. The maximum Gasteiger partial charge on any atom is 0.214 e. The maximum atomic E-state index is 6.16. The Morgan fingerprint density at radius 2 is 2.20 bits per heavy atom. The summed E-state index contributed by atoms with van der Waals surface area (Å²) in [5, 5.41) is 3.37. The molecule has 4 bridgehead atoms. The summed E-state index contributed by atoms with van der Waals surface area (Å²) < 4.78 is 5.72. The predicted molar refractivity (Wildman–Crippen MR) is 101 cm³/mol. The number of aliphatic imine (C=N–C) groups is 1. The SMILES string of the molecule is C=C/C1=C2\C=C3C(=C)NCC(C/C=C\COc4ccc(N)c1n4)C3=N2. The molecule has 3 aliphatic heterocycles. The molecule has 4 heterocycles. The van der Waals surface area contributed by atoms with Crippen molar-refractivity contribution in [2.45, 2.75) is 6.42 Å². The summed E-state index contributed by atoms with van der Waals surface area (Å²) >= 11 is 0. The quantitative estimate of drug-likeness (QED) is 0.776. The number of fused-ring (bicyclic) bond motifs is 3. The Bertz CT molecular complexity index is 889. The number of pyridine rings is 1. The van der Waals surface area contributed by atoms with Crippen LogP contribution in [0.4, 0.5) is 5.69 Å².